The van der Waals surface area contributed by atoms with Crippen molar-refractivity contribution in [2.75, 3.05) is 19.4 Å². The Bertz CT molecular complexity index is 700. The minimum atomic E-state index is -3.54. The molecule has 0 spiro atoms. The van der Waals surface area contributed by atoms with Crippen molar-refractivity contribution in [1.29, 1.82) is 0 Å². The fourth-order valence-corrected chi connectivity index (χ4v) is 3.36. The Morgan fingerprint density at radius 2 is 1.92 bits per heavy atom. The molecule has 1 atom stereocenters. The molecule has 2 rings (SSSR count). The molecule has 1 aliphatic heterocycles. The van der Waals surface area contributed by atoms with Crippen molar-refractivity contribution in [3.8, 4) is 5.75 Å². The van der Waals surface area contributed by atoms with E-state index in [9.17, 15) is 13.2 Å². The first-order valence-corrected chi connectivity index (χ1v) is 10.7. The molecule has 6 nitrogen and oxygen atoms in total. The van der Waals surface area contributed by atoms with Crippen molar-refractivity contribution in [3.63, 3.8) is 0 Å². The van der Waals surface area contributed by atoms with E-state index in [1.54, 1.807) is 24.3 Å². The lowest BCUT2D eigenvalue weighted by Crippen LogP contribution is -2.38. The number of amides is 1. The highest BCUT2D eigenvalue weighted by Gasteiger charge is 2.25. The standard InChI is InChI=1S/C19H29NO5S/c1-19(2,3)12-18(21)20(14-17-6-5-11-24-17)13-15-7-9-16(10-8-15)25-26(4,22)23/h7-10,17H,5-6,11-14H2,1-4H3. The second-order valence-corrected chi connectivity index (χ2v) is 9.65. The van der Waals surface area contributed by atoms with Gasteiger partial charge >= 0.3 is 10.1 Å². The van der Waals surface area contributed by atoms with Gasteiger partial charge in [0.1, 0.15) is 5.75 Å². The Morgan fingerprint density at radius 1 is 1.27 bits per heavy atom. The molecule has 0 bridgehead atoms. The number of carbonyl (C=O) groups is 1. The molecule has 1 aromatic rings. The molecule has 0 saturated carbocycles. The van der Waals surface area contributed by atoms with Crippen molar-refractivity contribution in [3.05, 3.63) is 29.8 Å². The maximum absolute atomic E-state index is 12.8. The third-order valence-corrected chi connectivity index (χ3v) is 4.52. The molecule has 1 unspecified atom stereocenters. The van der Waals surface area contributed by atoms with Crippen LogP contribution in [-0.4, -0.2) is 44.7 Å². The molecule has 1 fully saturated rings. The Hall–Kier alpha value is -1.60. The normalized spacial score (nSPS) is 17.9. The van der Waals surface area contributed by atoms with Gasteiger partial charge < -0.3 is 13.8 Å². The van der Waals surface area contributed by atoms with Gasteiger partial charge in [-0.15, -0.1) is 0 Å². The van der Waals surface area contributed by atoms with Gasteiger partial charge in [-0.1, -0.05) is 32.9 Å². The van der Waals surface area contributed by atoms with E-state index in [-0.39, 0.29) is 23.2 Å². The number of carbonyl (C=O) groups excluding carboxylic acids is 1. The minimum Gasteiger partial charge on any atom is -0.383 e. The summed E-state index contributed by atoms with van der Waals surface area (Å²) in [5.41, 5.74) is 0.838. The Balaban J connectivity index is 2.08. The molecule has 1 saturated heterocycles. The molecule has 26 heavy (non-hydrogen) atoms. The Morgan fingerprint density at radius 3 is 2.42 bits per heavy atom. The molecule has 0 aromatic heterocycles. The monoisotopic (exact) mass is 383 g/mol. The highest BCUT2D eigenvalue weighted by molar-refractivity contribution is 7.86. The second-order valence-electron chi connectivity index (χ2n) is 8.08. The third-order valence-electron chi connectivity index (χ3n) is 4.03. The smallest absolute Gasteiger partial charge is 0.306 e. The molecule has 0 radical (unpaired) electrons. The van der Waals surface area contributed by atoms with Crippen LogP contribution in [0.3, 0.4) is 0 Å². The highest BCUT2D eigenvalue weighted by Crippen LogP contribution is 2.23. The largest absolute Gasteiger partial charge is 0.383 e. The van der Waals surface area contributed by atoms with E-state index < -0.39 is 10.1 Å². The van der Waals surface area contributed by atoms with Crippen LogP contribution in [0, 0.1) is 5.41 Å². The summed E-state index contributed by atoms with van der Waals surface area (Å²) in [5.74, 6) is 0.368. The van der Waals surface area contributed by atoms with Crippen LogP contribution in [0.25, 0.3) is 0 Å². The number of hydrogen-bond acceptors (Lipinski definition) is 5. The predicted molar refractivity (Wildman–Crippen MR) is 100 cm³/mol. The van der Waals surface area contributed by atoms with Crippen LogP contribution in [-0.2, 0) is 26.2 Å². The van der Waals surface area contributed by atoms with Crippen LogP contribution in [0.5, 0.6) is 5.75 Å². The van der Waals surface area contributed by atoms with Crippen molar-refractivity contribution >= 4 is 16.0 Å². The fourth-order valence-electron chi connectivity index (χ4n) is 2.90. The summed E-state index contributed by atoms with van der Waals surface area (Å²) < 4.78 is 32.9. The first kappa shape index (κ1) is 20.7. The molecule has 1 heterocycles. The van der Waals surface area contributed by atoms with Gasteiger partial charge in [0.05, 0.1) is 12.4 Å². The van der Waals surface area contributed by atoms with Crippen LogP contribution < -0.4 is 4.18 Å². The lowest BCUT2D eigenvalue weighted by molar-refractivity contribution is -0.135. The zero-order valence-corrected chi connectivity index (χ0v) is 16.8. The summed E-state index contributed by atoms with van der Waals surface area (Å²) in [6, 6.07) is 6.78. The number of nitrogens with zero attached hydrogens (tertiary/aromatic N) is 1. The number of rotatable bonds is 7. The van der Waals surface area contributed by atoms with Gasteiger partial charge in [-0.3, -0.25) is 4.79 Å². The van der Waals surface area contributed by atoms with Crippen LogP contribution in [0.4, 0.5) is 0 Å². The molecule has 1 amide bonds. The van der Waals surface area contributed by atoms with Gasteiger partial charge in [0.25, 0.3) is 0 Å². The zero-order valence-electron chi connectivity index (χ0n) is 16.0. The maximum Gasteiger partial charge on any atom is 0.306 e. The van der Waals surface area contributed by atoms with Crippen LogP contribution in [0.15, 0.2) is 24.3 Å². The molecular formula is C19H29NO5S. The van der Waals surface area contributed by atoms with Crippen LogP contribution >= 0.6 is 0 Å². The first-order chi connectivity index (χ1) is 12.0. The average Bonchev–Trinajstić information content (AvgIpc) is 2.98. The van der Waals surface area contributed by atoms with Crippen molar-refractivity contribution in [2.45, 2.75) is 52.7 Å². The molecule has 1 aliphatic rings. The molecule has 146 valence electrons. The minimum absolute atomic E-state index is 0.0843. The summed E-state index contributed by atoms with van der Waals surface area (Å²) in [6.45, 7) is 7.94. The Kier molecular flexibility index (Phi) is 6.69. The quantitative estimate of drug-likeness (QED) is 0.677. The van der Waals surface area contributed by atoms with Crippen molar-refractivity contribution in [1.82, 2.24) is 4.90 Å². The molecule has 0 aliphatic carbocycles. The van der Waals surface area contributed by atoms with Crippen LogP contribution in [0.1, 0.15) is 45.6 Å². The van der Waals surface area contributed by atoms with Crippen LogP contribution in [0.2, 0.25) is 0 Å². The van der Waals surface area contributed by atoms with Gasteiger partial charge in [-0.25, -0.2) is 0 Å². The van der Waals surface area contributed by atoms with Crippen molar-refractivity contribution in [2.24, 2.45) is 5.41 Å². The number of benzene rings is 1. The van der Waals surface area contributed by atoms with Gasteiger partial charge in [0, 0.05) is 26.1 Å². The van der Waals surface area contributed by atoms with Crippen molar-refractivity contribution < 1.29 is 22.1 Å². The first-order valence-electron chi connectivity index (χ1n) is 8.90. The lowest BCUT2D eigenvalue weighted by Gasteiger charge is -2.29. The molecular weight excluding hydrogens is 354 g/mol. The van der Waals surface area contributed by atoms with E-state index in [0.717, 1.165) is 31.3 Å². The topological polar surface area (TPSA) is 72.9 Å². The number of ether oxygens (including phenoxy) is 1. The van der Waals surface area contributed by atoms with E-state index in [4.69, 9.17) is 8.92 Å². The molecule has 0 N–H and O–H groups in total. The van der Waals surface area contributed by atoms with E-state index in [1.165, 1.54) is 0 Å². The second kappa shape index (κ2) is 8.39. The highest BCUT2D eigenvalue weighted by atomic mass is 32.2. The Labute approximate surface area is 156 Å². The summed E-state index contributed by atoms with van der Waals surface area (Å²) >= 11 is 0. The summed E-state index contributed by atoms with van der Waals surface area (Å²) in [4.78, 5) is 14.6. The number of hydrogen-bond donors (Lipinski definition) is 0. The van der Waals surface area contributed by atoms with Gasteiger partial charge in [0.15, 0.2) is 0 Å². The van der Waals surface area contributed by atoms with Gasteiger partial charge in [-0.05, 0) is 36.0 Å². The summed E-state index contributed by atoms with van der Waals surface area (Å²) in [7, 11) is -3.54. The third kappa shape index (κ3) is 7.33. The van der Waals surface area contributed by atoms with E-state index in [1.807, 2.05) is 25.7 Å². The fraction of sp³-hybridized carbons (Fsp3) is 0.632. The SMILES string of the molecule is CC(C)(C)CC(=O)N(Cc1ccc(OS(C)(=O)=O)cc1)CC1CCCO1. The summed E-state index contributed by atoms with van der Waals surface area (Å²) in [5, 5.41) is 0. The lowest BCUT2D eigenvalue weighted by atomic mass is 9.91. The average molecular weight is 384 g/mol. The molecule has 7 heteroatoms. The summed E-state index contributed by atoms with van der Waals surface area (Å²) in [6.07, 6.45) is 3.57. The predicted octanol–water partition coefficient (Wildman–Crippen LogP) is 2.97. The van der Waals surface area contributed by atoms with E-state index >= 15 is 0 Å². The van der Waals surface area contributed by atoms with Gasteiger partial charge in [-0.2, -0.15) is 8.42 Å². The zero-order chi connectivity index (χ0) is 19.4. The maximum atomic E-state index is 12.8. The molecule has 1 aromatic carbocycles. The van der Waals surface area contributed by atoms with E-state index in [2.05, 4.69) is 0 Å². The van der Waals surface area contributed by atoms with E-state index in [0.29, 0.717) is 19.5 Å². The van der Waals surface area contributed by atoms with Gasteiger partial charge in [0.2, 0.25) is 5.91 Å².